The molecule has 0 unspecified atom stereocenters. The molecule has 0 bridgehead atoms. The maximum absolute atomic E-state index is 12.5. The SMILES string of the molecule is CC(C)(C)OC(=O)N1CCC[C@H]1C(=O)Oc1ccc(C(F)(F)F)cc1. The van der Waals surface area contributed by atoms with Gasteiger partial charge in [0.15, 0.2) is 0 Å². The molecule has 25 heavy (non-hydrogen) atoms. The number of alkyl halides is 3. The zero-order valence-electron chi connectivity index (χ0n) is 14.2. The third-order valence-electron chi connectivity index (χ3n) is 3.55. The van der Waals surface area contributed by atoms with Crippen molar-refractivity contribution in [3.8, 4) is 5.75 Å². The molecule has 0 aromatic heterocycles. The molecule has 1 heterocycles. The van der Waals surface area contributed by atoms with Gasteiger partial charge in [-0.05, 0) is 57.9 Å². The predicted molar refractivity (Wildman–Crippen MR) is 83.0 cm³/mol. The zero-order valence-corrected chi connectivity index (χ0v) is 14.2. The van der Waals surface area contributed by atoms with Crippen molar-refractivity contribution in [3.63, 3.8) is 0 Å². The summed E-state index contributed by atoms with van der Waals surface area (Å²) in [5.74, 6) is -0.697. The summed E-state index contributed by atoms with van der Waals surface area (Å²) < 4.78 is 48.0. The Kier molecular flexibility index (Phi) is 5.29. The van der Waals surface area contributed by atoms with Crippen LogP contribution in [0, 0.1) is 0 Å². The number of halogens is 3. The normalized spacial score (nSPS) is 18.2. The monoisotopic (exact) mass is 359 g/mol. The third-order valence-corrected chi connectivity index (χ3v) is 3.55. The maximum Gasteiger partial charge on any atom is 0.416 e. The van der Waals surface area contributed by atoms with Crippen LogP contribution in [0.4, 0.5) is 18.0 Å². The van der Waals surface area contributed by atoms with Crippen LogP contribution in [0.3, 0.4) is 0 Å². The summed E-state index contributed by atoms with van der Waals surface area (Å²) in [5.41, 5.74) is -1.52. The van der Waals surface area contributed by atoms with Gasteiger partial charge in [-0.15, -0.1) is 0 Å². The van der Waals surface area contributed by atoms with Gasteiger partial charge >= 0.3 is 18.2 Å². The van der Waals surface area contributed by atoms with Gasteiger partial charge in [0.05, 0.1) is 5.56 Å². The number of rotatable bonds is 2. The van der Waals surface area contributed by atoms with E-state index >= 15 is 0 Å². The van der Waals surface area contributed by atoms with Crippen molar-refractivity contribution in [3.05, 3.63) is 29.8 Å². The second-order valence-corrected chi connectivity index (χ2v) is 6.77. The van der Waals surface area contributed by atoms with Crippen molar-refractivity contribution in [2.24, 2.45) is 0 Å². The topological polar surface area (TPSA) is 55.8 Å². The lowest BCUT2D eigenvalue weighted by atomic mass is 10.2. The Morgan fingerprint density at radius 2 is 1.72 bits per heavy atom. The second kappa shape index (κ2) is 6.93. The van der Waals surface area contributed by atoms with Gasteiger partial charge in [-0.1, -0.05) is 0 Å². The van der Waals surface area contributed by atoms with E-state index in [1.54, 1.807) is 20.8 Å². The fourth-order valence-electron chi connectivity index (χ4n) is 2.45. The number of carbonyl (C=O) groups excluding carboxylic acids is 2. The van der Waals surface area contributed by atoms with E-state index in [9.17, 15) is 22.8 Å². The molecule has 0 saturated carbocycles. The van der Waals surface area contributed by atoms with E-state index in [1.165, 1.54) is 4.90 Å². The van der Waals surface area contributed by atoms with Crippen LogP contribution in [0.5, 0.6) is 5.75 Å². The van der Waals surface area contributed by atoms with Crippen LogP contribution in [0.15, 0.2) is 24.3 Å². The minimum Gasteiger partial charge on any atom is -0.444 e. The molecule has 1 amide bonds. The van der Waals surface area contributed by atoms with Crippen LogP contribution < -0.4 is 4.74 Å². The summed E-state index contributed by atoms with van der Waals surface area (Å²) >= 11 is 0. The Hall–Kier alpha value is -2.25. The molecule has 1 aromatic rings. The number of benzene rings is 1. The first-order valence-corrected chi connectivity index (χ1v) is 7.86. The number of likely N-dealkylation sites (tertiary alicyclic amines) is 1. The van der Waals surface area contributed by atoms with E-state index < -0.39 is 35.4 Å². The van der Waals surface area contributed by atoms with E-state index in [2.05, 4.69) is 0 Å². The fourth-order valence-corrected chi connectivity index (χ4v) is 2.45. The molecule has 0 aliphatic carbocycles. The molecule has 0 N–H and O–H groups in total. The summed E-state index contributed by atoms with van der Waals surface area (Å²) in [4.78, 5) is 25.7. The molecular formula is C17H20F3NO4. The molecule has 1 aliphatic rings. The number of nitrogens with zero attached hydrogens (tertiary/aromatic N) is 1. The van der Waals surface area contributed by atoms with Crippen molar-refractivity contribution in [1.82, 2.24) is 4.90 Å². The van der Waals surface area contributed by atoms with E-state index in [-0.39, 0.29) is 5.75 Å². The van der Waals surface area contributed by atoms with Crippen molar-refractivity contribution in [2.75, 3.05) is 6.54 Å². The molecule has 0 radical (unpaired) electrons. The molecule has 1 aromatic carbocycles. The minimum absolute atomic E-state index is 0.00552. The van der Waals surface area contributed by atoms with Gasteiger partial charge in [0.2, 0.25) is 0 Å². The van der Waals surface area contributed by atoms with Crippen LogP contribution in [0.1, 0.15) is 39.2 Å². The van der Waals surface area contributed by atoms with Gasteiger partial charge in [-0.2, -0.15) is 13.2 Å². The fraction of sp³-hybridized carbons (Fsp3) is 0.529. The van der Waals surface area contributed by atoms with Gasteiger partial charge in [-0.3, -0.25) is 4.90 Å². The molecule has 0 spiro atoms. The third kappa shape index (κ3) is 5.11. The summed E-state index contributed by atoms with van der Waals surface area (Å²) in [5, 5.41) is 0. The average molecular weight is 359 g/mol. The zero-order chi connectivity index (χ0) is 18.8. The van der Waals surface area contributed by atoms with Crippen molar-refractivity contribution < 1.29 is 32.2 Å². The van der Waals surface area contributed by atoms with Crippen molar-refractivity contribution in [2.45, 2.75) is 51.4 Å². The van der Waals surface area contributed by atoms with Gasteiger partial charge in [0.1, 0.15) is 17.4 Å². The second-order valence-electron chi connectivity index (χ2n) is 6.77. The highest BCUT2D eigenvalue weighted by atomic mass is 19.4. The average Bonchev–Trinajstić information content (AvgIpc) is 2.94. The summed E-state index contributed by atoms with van der Waals surface area (Å²) in [7, 11) is 0. The van der Waals surface area contributed by atoms with Gasteiger partial charge in [0, 0.05) is 6.54 Å². The molecule has 1 aliphatic heterocycles. The first-order chi connectivity index (χ1) is 11.5. The molecule has 1 saturated heterocycles. The number of amides is 1. The van der Waals surface area contributed by atoms with Gasteiger partial charge in [0.25, 0.3) is 0 Å². The first-order valence-electron chi connectivity index (χ1n) is 7.86. The molecule has 8 heteroatoms. The quantitative estimate of drug-likeness (QED) is 0.591. The Bertz CT molecular complexity index is 635. The number of carbonyl (C=O) groups is 2. The molecule has 2 rings (SSSR count). The Morgan fingerprint density at radius 1 is 1.12 bits per heavy atom. The Balaban J connectivity index is 2.03. The first kappa shape index (κ1) is 19.1. The predicted octanol–water partition coefficient (Wildman–Crippen LogP) is 4.01. The standard InChI is InChI=1S/C17H20F3NO4/c1-16(2,3)25-15(23)21-10-4-5-13(21)14(22)24-12-8-6-11(7-9-12)17(18,19)20/h6-9,13H,4-5,10H2,1-3H3/t13-/m0/s1. The highest BCUT2D eigenvalue weighted by Crippen LogP contribution is 2.30. The number of hydrogen-bond donors (Lipinski definition) is 0. The largest absolute Gasteiger partial charge is 0.444 e. The van der Waals surface area contributed by atoms with E-state index in [1.807, 2.05) is 0 Å². The lowest BCUT2D eigenvalue weighted by Crippen LogP contribution is -2.44. The highest BCUT2D eigenvalue weighted by Gasteiger charge is 2.38. The highest BCUT2D eigenvalue weighted by molar-refractivity contribution is 5.83. The van der Waals surface area contributed by atoms with Crippen LogP contribution >= 0.6 is 0 Å². The van der Waals surface area contributed by atoms with Crippen LogP contribution in [0.25, 0.3) is 0 Å². The van der Waals surface area contributed by atoms with Crippen LogP contribution in [0.2, 0.25) is 0 Å². The Labute approximate surface area is 143 Å². The molecule has 138 valence electrons. The molecule has 1 fully saturated rings. The molecular weight excluding hydrogens is 339 g/mol. The van der Waals surface area contributed by atoms with E-state index in [0.29, 0.717) is 19.4 Å². The van der Waals surface area contributed by atoms with Crippen molar-refractivity contribution >= 4 is 12.1 Å². The minimum atomic E-state index is -4.46. The summed E-state index contributed by atoms with van der Waals surface area (Å²) in [6.45, 7) is 5.52. The number of ether oxygens (including phenoxy) is 2. The van der Waals surface area contributed by atoms with Crippen molar-refractivity contribution in [1.29, 1.82) is 0 Å². The van der Waals surface area contributed by atoms with Crippen LogP contribution in [-0.4, -0.2) is 35.2 Å². The van der Waals surface area contributed by atoms with Gasteiger partial charge in [-0.25, -0.2) is 9.59 Å². The number of esters is 1. The van der Waals surface area contributed by atoms with E-state index in [0.717, 1.165) is 24.3 Å². The smallest absolute Gasteiger partial charge is 0.416 e. The van der Waals surface area contributed by atoms with Crippen LogP contribution in [-0.2, 0) is 15.7 Å². The Morgan fingerprint density at radius 3 is 2.24 bits per heavy atom. The molecule has 1 atom stereocenters. The lowest BCUT2D eigenvalue weighted by molar-refractivity contribution is -0.139. The maximum atomic E-state index is 12.5. The van der Waals surface area contributed by atoms with Gasteiger partial charge < -0.3 is 9.47 Å². The lowest BCUT2D eigenvalue weighted by Gasteiger charge is -2.27. The summed E-state index contributed by atoms with van der Waals surface area (Å²) in [6, 6.07) is 3.02. The molecule has 5 nitrogen and oxygen atoms in total. The summed E-state index contributed by atoms with van der Waals surface area (Å²) in [6.07, 6.45) is -4.04. The number of hydrogen-bond acceptors (Lipinski definition) is 4. The van der Waals surface area contributed by atoms with E-state index in [4.69, 9.17) is 9.47 Å².